The number of rotatable bonds is 8. The third kappa shape index (κ3) is 4.68. The van der Waals surface area contributed by atoms with Gasteiger partial charge in [-0.3, -0.25) is 14.5 Å². The van der Waals surface area contributed by atoms with E-state index in [0.717, 1.165) is 46.3 Å². The molecule has 0 radical (unpaired) electrons. The Morgan fingerprint density at radius 2 is 1.64 bits per heavy atom. The van der Waals surface area contributed by atoms with E-state index in [1.165, 1.54) is 4.90 Å². The van der Waals surface area contributed by atoms with Crippen LogP contribution < -0.4 is 15.0 Å². The summed E-state index contributed by atoms with van der Waals surface area (Å²) in [6.07, 6.45) is 2.39. The van der Waals surface area contributed by atoms with Gasteiger partial charge in [-0.2, -0.15) is 0 Å². The molecule has 44 heavy (non-hydrogen) atoms. The SMILES string of the molecule is CCCCOc1ccc(NC(=O)c2ccccc2N2C(=O)[C@@H]3Cc4c([nH]c5ccccc45)[C@@H](c4ccccc4)N3C2=O)cc1. The van der Waals surface area contributed by atoms with Gasteiger partial charge in [-0.1, -0.05) is 74.0 Å². The van der Waals surface area contributed by atoms with Crippen molar-refractivity contribution in [1.29, 1.82) is 0 Å². The number of nitrogens with one attached hydrogen (secondary N) is 2. The number of hydrogen-bond donors (Lipinski definition) is 2. The van der Waals surface area contributed by atoms with Crippen molar-refractivity contribution in [3.05, 3.63) is 126 Å². The lowest BCUT2D eigenvalue weighted by Gasteiger charge is -2.36. The van der Waals surface area contributed by atoms with Crippen molar-refractivity contribution in [2.45, 2.75) is 38.3 Å². The highest BCUT2D eigenvalue weighted by atomic mass is 16.5. The molecule has 220 valence electrons. The van der Waals surface area contributed by atoms with Gasteiger partial charge in [-0.05, 0) is 60.0 Å². The largest absolute Gasteiger partial charge is 0.494 e. The molecule has 8 heteroatoms. The second-order valence-corrected chi connectivity index (χ2v) is 11.2. The van der Waals surface area contributed by atoms with Crippen LogP contribution in [0.4, 0.5) is 16.2 Å². The van der Waals surface area contributed by atoms with E-state index in [-0.39, 0.29) is 17.2 Å². The molecule has 8 nitrogen and oxygen atoms in total. The minimum absolute atomic E-state index is 0.234. The van der Waals surface area contributed by atoms with Gasteiger partial charge in [-0.15, -0.1) is 0 Å². The first kappa shape index (κ1) is 27.5. The number of fused-ring (bicyclic) bond motifs is 4. The normalized spacial score (nSPS) is 17.5. The average Bonchev–Trinajstić information content (AvgIpc) is 3.55. The van der Waals surface area contributed by atoms with Gasteiger partial charge in [0.25, 0.3) is 11.8 Å². The molecule has 5 aromatic rings. The molecule has 1 aromatic heterocycles. The molecule has 0 saturated carbocycles. The van der Waals surface area contributed by atoms with Gasteiger partial charge < -0.3 is 15.0 Å². The maximum atomic E-state index is 14.3. The summed E-state index contributed by atoms with van der Waals surface area (Å²) >= 11 is 0. The van der Waals surface area contributed by atoms with Gasteiger partial charge in [0.2, 0.25) is 0 Å². The van der Waals surface area contributed by atoms with Crippen LogP contribution >= 0.6 is 0 Å². The van der Waals surface area contributed by atoms with Crippen molar-refractivity contribution in [2.75, 3.05) is 16.8 Å². The second-order valence-electron chi connectivity index (χ2n) is 11.2. The zero-order valence-corrected chi connectivity index (χ0v) is 24.3. The Kier molecular flexibility index (Phi) is 7.10. The summed E-state index contributed by atoms with van der Waals surface area (Å²) in [5.41, 5.74) is 4.89. The predicted molar refractivity (Wildman–Crippen MR) is 170 cm³/mol. The van der Waals surface area contributed by atoms with Crippen molar-refractivity contribution in [3.8, 4) is 5.75 Å². The zero-order chi connectivity index (χ0) is 30.2. The molecule has 3 heterocycles. The number of carbonyl (C=O) groups excluding carboxylic acids is 3. The lowest BCUT2D eigenvalue weighted by atomic mass is 9.89. The van der Waals surface area contributed by atoms with Crippen molar-refractivity contribution in [1.82, 2.24) is 9.88 Å². The lowest BCUT2D eigenvalue weighted by Crippen LogP contribution is -2.44. The molecule has 2 aliphatic heterocycles. The van der Waals surface area contributed by atoms with Gasteiger partial charge in [0, 0.05) is 28.7 Å². The van der Waals surface area contributed by atoms with Gasteiger partial charge in [0.15, 0.2) is 0 Å². The first-order valence-electron chi connectivity index (χ1n) is 15.0. The van der Waals surface area contributed by atoms with E-state index in [1.54, 1.807) is 41.3 Å². The number of unbranched alkanes of at least 4 members (excludes halogenated alkanes) is 1. The number of aromatic amines is 1. The first-order chi connectivity index (χ1) is 21.5. The number of aromatic nitrogens is 1. The van der Waals surface area contributed by atoms with E-state index in [2.05, 4.69) is 17.2 Å². The molecule has 0 bridgehead atoms. The molecule has 2 aliphatic rings. The van der Waals surface area contributed by atoms with E-state index in [0.29, 0.717) is 18.7 Å². The minimum Gasteiger partial charge on any atom is -0.494 e. The van der Waals surface area contributed by atoms with E-state index >= 15 is 0 Å². The van der Waals surface area contributed by atoms with E-state index in [1.807, 2.05) is 66.7 Å². The van der Waals surface area contributed by atoms with Crippen LogP contribution in [0, 0.1) is 0 Å². The Labute approximate surface area is 255 Å². The van der Waals surface area contributed by atoms with Crippen LogP contribution in [0.2, 0.25) is 0 Å². The summed E-state index contributed by atoms with van der Waals surface area (Å²) in [6, 6.07) is 30.0. The lowest BCUT2D eigenvalue weighted by molar-refractivity contribution is -0.120. The van der Waals surface area contributed by atoms with Crippen molar-refractivity contribution in [3.63, 3.8) is 0 Å². The average molecular weight is 585 g/mol. The number of nitrogens with zero attached hydrogens (tertiary/aromatic N) is 2. The standard InChI is InChI=1S/C36H32N4O4/c1-2-3-21-44-25-19-17-24(18-20-25)37-34(41)27-14-8-10-16-30(27)40-35(42)31-22-28-26-13-7-9-15-29(26)38-32(28)33(39(31)36(40)43)23-11-5-4-6-12-23/h4-20,31,33,38H,2-3,21-22H2,1H3,(H,37,41)/t31-,33+/m0/s1. The third-order valence-corrected chi connectivity index (χ3v) is 8.43. The highest BCUT2D eigenvalue weighted by Crippen LogP contribution is 2.45. The maximum Gasteiger partial charge on any atom is 0.332 e. The fourth-order valence-electron chi connectivity index (χ4n) is 6.31. The number of urea groups is 1. The highest BCUT2D eigenvalue weighted by Gasteiger charge is 2.53. The van der Waals surface area contributed by atoms with Crippen LogP contribution in [-0.2, 0) is 11.2 Å². The summed E-state index contributed by atoms with van der Waals surface area (Å²) in [4.78, 5) is 48.5. The van der Waals surface area contributed by atoms with E-state index in [4.69, 9.17) is 4.74 Å². The number of benzene rings is 4. The summed E-state index contributed by atoms with van der Waals surface area (Å²) in [6.45, 7) is 2.74. The smallest absolute Gasteiger partial charge is 0.332 e. The summed E-state index contributed by atoms with van der Waals surface area (Å²) in [5, 5.41) is 3.96. The molecule has 2 N–H and O–H groups in total. The van der Waals surface area contributed by atoms with Crippen LogP contribution in [0.5, 0.6) is 5.75 Å². The van der Waals surface area contributed by atoms with Gasteiger partial charge >= 0.3 is 6.03 Å². The van der Waals surface area contributed by atoms with Crippen molar-refractivity contribution >= 4 is 40.1 Å². The van der Waals surface area contributed by atoms with E-state index < -0.39 is 24.0 Å². The van der Waals surface area contributed by atoms with Crippen molar-refractivity contribution < 1.29 is 19.1 Å². The Bertz CT molecular complexity index is 1860. The van der Waals surface area contributed by atoms with Crippen LogP contribution in [0.3, 0.4) is 0 Å². The van der Waals surface area contributed by atoms with Crippen LogP contribution in [0.15, 0.2) is 103 Å². The van der Waals surface area contributed by atoms with E-state index in [9.17, 15) is 14.4 Å². The van der Waals surface area contributed by atoms with Gasteiger partial charge in [0.1, 0.15) is 17.8 Å². The zero-order valence-electron chi connectivity index (χ0n) is 24.3. The summed E-state index contributed by atoms with van der Waals surface area (Å²) in [5.74, 6) is -0.0328. The number of para-hydroxylation sites is 2. The molecule has 4 aromatic carbocycles. The molecule has 1 fully saturated rings. The quantitative estimate of drug-likeness (QED) is 0.151. The summed E-state index contributed by atoms with van der Waals surface area (Å²) < 4.78 is 5.73. The molecular formula is C36H32N4O4. The Balaban J connectivity index is 1.22. The highest BCUT2D eigenvalue weighted by molar-refractivity contribution is 6.24. The molecule has 1 saturated heterocycles. The Hall–Kier alpha value is -5.37. The molecule has 4 amide bonds. The number of anilines is 2. The van der Waals surface area contributed by atoms with Crippen LogP contribution in [0.25, 0.3) is 10.9 Å². The molecule has 0 unspecified atom stereocenters. The summed E-state index contributed by atoms with van der Waals surface area (Å²) in [7, 11) is 0. The number of H-pyrrole nitrogens is 1. The second kappa shape index (κ2) is 11.4. The molecule has 2 atom stereocenters. The Morgan fingerprint density at radius 3 is 2.43 bits per heavy atom. The van der Waals surface area contributed by atoms with Crippen molar-refractivity contribution in [2.24, 2.45) is 0 Å². The number of carbonyl (C=O) groups is 3. The monoisotopic (exact) mass is 584 g/mol. The third-order valence-electron chi connectivity index (χ3n) is 8.43. The van der Waals surface area contributed by atoms with Crippen LogP contribution in [0.1, 0.15) is 53.0 Å². The fourth-order valence-corrected chi connectivity index (χ4v) is 6.31. The minimum atomic E-state index is -0.712. The molecule has 0 spiro atoms. The number of amides is 4. The first-order valence-corrected chi connectivity index (χ1v) is 15.0. The van der Waals surface area contributed by atoms with Gasteiger partial charge in [-0.25, -0.2) is 9.69 Å². The Morgan fingerprint density at radius 1 is 0.909 bits per heavy atom. The van der Waals surface area contributed by atoms with Gasteiger partial charge in [0.05, 0.1) is 17.9 Å². The molecular weight excluding hydrogens is 552 g/mol. The maximum absolute atomic E-state index is 14.3. The molecule has 0 aliphatic carbocycles. The fraction of sp³-hybridized carbons (Fsp3) is 0.194. The number of ether oxygens (including phenoxy) is 1. The predicted octanol–water partition coefficient (Wildman–Crippen LogP) is 7.08. The molecule has 7 rings (SSSR count). The van der Waals surface area contributed by atoms with Crippen LogP contribution in [-0.4, -0.2) is 40.4 Å². The number of imide groups is 1. The topological polar surface area (TPSA) is 94.7 Å². The number of hydrogen-bond acceptors (Lipinski definition) is 4.